The fourth-order valence-corrected chi connectivity index (χ4v) is 9.99. The second-order valence-electron chi connectivity index (χ2n) is 14.3. The van der Waals surface area contributed by atoms with E-state index in [9.17, 15) is 0 Å². The summed E-state index contributed by atoms with van der Waals surface area (Å²) in [5.74, 6) is 1.84. The summed E-state index contributed by atoms with van der Waals surface area (Å²) in [7, 11) is 0. The summed E-state index contributed by atoms with van der Waals surface area (Å²) in [5.41, 5.74) is 6.34. The van der Waals surface area contributed by atoms with E-state index in [-0.39, 0.29) is 0 Å². The Morgan fingerprint density at radius 3 is 1.66 bits per heavy atom. The fraction of sp³-hybridized carbons (Fsp3) is 0. The van der Waals surface area contributed by atoms with Gasteiger partial charge in [-0.15, -0.1) is 11.3 Å². The van der Waals surface area contributed by atoms with Crippen LogP contribution in [-0.2, 0) is 0 Å². The van der Waals surface area contributed by atoms with Crippen LogP contribution in [-0.4, -0.2) is 19.5 Å². The lowest BCUT2D eigenvalue weighted by atomic mass is 9.93. The smallest absolute Gasteiger partial charge is 0.238 e. The standard InChI is InChI=1S/C51H30N4S/c1-2-14-31(15-3-1)49-52-50(32-28-29-37-35-18-5-4-16-33(35)34-17-6-7-19-36(34)44(37)30-32)54-51(53-49)55-45-26-10-8-20-38(45)40-22-12-23-41(47(40)55)43-25-13-24-42-39-21-9-11-27-46(39)56-48(42)43/h1-30H. The van der Waals surface area contributed by atoms with Crippen LogP contribution in [0.4, 0.5) is 0 Å². The van der Waals surface area contributed by atoms with Crippen molar-refractivity contribution in [3.05, 3.63) is 182 Å². The quantitative estimate of drug-likeness (QED) is 0.169. The number of hydrogen-bond donors (Lipinski definition) is 0. The largest absolute Gasteiger partial charge is 0.277 e. The van der Waals surface area contributed by atoms with Crippen molar-refractivity contribution in [3.63, 3.8) is 0 Å². The highest BCUT2D eigenvalue weighted by Gasteiger charge is 2.22. The van der Waals surface area contributed by atoms with Gasteiger partial charge in [0.25, 0.3) is 0 Å². The molecule has 0 aliphatic carbocycles. The molecule has 9 aromatic carbocycles. The molecule has 0 fully saturated rings. The minimum atomic E-state index is 0.583. The fourth-order valence-electron chi connectivity index (χ4n) is 8.76. The number of fused-ring (bicyclic) bond motifs is 12. The van der Waals surface area contributed by atoms with Crippen molar-refractivity contribution in [2.24, 2.45) is 0 Å². The Morgan fingerprint density at radius 2 is 0.911 bits per heavy atom. The highest BCUT2D eigenvalue weighted by atomic mass is 32.1. The third-order valence-corrected chi connectivity index (χ3v) is 12.5. The van der Waals surface area contributed by atoms with Crippen LogP contribution < -0.4 is 0 Å². The number of rotatable bonds is 4. The molecule has 3 aromatic heterocycles. The molecule has 0 atom stereocenters. The first-order valence-electron chi connectivity index (χ1n) is 18.9. The molecule has 0 N–H and O–H groups in total. The average Bonchev–Trinajstić information content (AvgIpc) is 3.83. The molecule has 0 saturated carbocycles. The van der Waals surface area contributed by atoms with Gasteiger partial charge >= 0.3 is 0 Å². The lowest BCUT2D eigenvalue weighted by Crippen LogP contribution is -2.07. The predicted octanol–water partition coefficient (Wildman–Crippen LogP) is 13.8. The van der Waals surface area contributed by atoms with Crippen molar-refractivity contribution in [1.82, 2.24) is 19.5 Å². The van der Waals surface area contributed by atoms with Crippen LogP contribution in [0, 0.1) is 0 Å². The first kappa shape index (κ1) is 31.2. The molecule has 0 bridgehead atoms. The van der Waals surface area contributed by atoms with E-state index >= 15 is 0 Å². The molecule has 56 heavy (non-hydrogen) atoms. The Balaban J connectivity index is 1.16. The van der Waals surface area contributed by atoms with E-state index in [2.05, 4.69) is 168 Å². The molecule has 0 saturated heterocycles. The molecule has 5 heteroatoms. The Hall–Kier alpha value is -7.21. The molecule has 0 spiro atoms. The Morgan fingerprint density at radius 1 is 0.357 bits per heavy atom. The molecule has 0 amide bonds. The van der Waals surface area contributed by atoms with Gasteiger partial charge in [0.05, 0.1) is 11.0 Å². The van der Waals surface area contributed by atoms with Gasteiger partial charge in [-0.3, -0.25) is 4.57 Å². The van der Waals surface area contributed by atoms with Crippen LogP contribution in [0.5, 0.6) is 0 Å². The summed E-state index contributed by atoms with van der Waals surface area (Å²) in [5, 5.41) is 12.2. The second kappa shape index (κ2) is 12.2. The number of thiophene rings is 1. The van der Waals surface area contributed by atoms with Gasteiger partial charge in [-0.1, -0.05) is 164 Å². The van der Waals surface area contributed by atoms with Gasteiger partial charge in [0.1, 0.15) is 0 Å². The van der Waals surface area contributed by atoms with E-state index in [0.29, 0.717) is 17.6 Å². The summed E-state index contributed by atoms with van der Waals surface area (Å²) >= 11 is 1.85. The summed E-state index contributed by atoms with van der Waals surface area (Å²) < 4.78 is 4.82. The van der Waals surface area contributed by atoms with Crippen LogP contribution in [0.1, 0.15) is 0 Å². The topological polar surface area (TPSA) is 43.6 Å². The Kier molecular flexibility index (Phi) is 6.76. The molecule has 260 valence electrons. The van der Waals surface area contributed by atoms with Gasteiger partial charge in [0.15, 0.2) is 11.6 Å². The molecule has 0 aliphatic rings. The van der Waals surface area contributed by atoms with Crippen LogP contribution in [0.15, 0.2) is 182 Å². The first-order valence-corrected chi connectivity index (χ1v) is 19.7. The molecule has 4 nitrogen and oxygen atoms in total. The zero-order chi connectivity index (χ0) is 36.7. The minimum absolute atomic E-state index is 0.583. The van der Waals surface area contributed by atoms with Crippen LogP contribution in [0.3, 0.4) is 0 Å². The van der Waals surface area contributed by atoms with Gasteiger partial charge in [-0.2, -0.15) is 9.97 Å². The Bertz CT molecular complexity index is 3510. The van der Waals surface area contributed by atoms with Gasteiger partial charge in [0, 0.05) is 53.2 Å². The monoisotopic (exact) mass is 730 g/mol. The lowest BCUT2D eigenvalue weighted by molar-refractivity contribution is 0.954. The normalized spacial score (nSPS) is 11.9. The molecule has 0 unspecified atom stereocenters. The molecule has 0 radical (unpaired) electrons. The van der Waals surface area contributed by atoms with E-state index in [1.54, 1.807) is 0 Å². The van der Waals surface area contributed by atoms with Crippen molar-refractivity contribution in [2.45, 2.75) is 0 Å². The third-order valence-electron chi connectivity index (χ3n) is 11.2. The number of nitrogens with zero attached hydrogens (tertiary/aromatic N) is 4. The summed E-state index contributed by atoms with van der Waals surface area (Å²) in [6, 6.07) is 64.9. The lowest BCUT2D eigenvalue weighted by Gasteiger charge is -2.14. The van der Waals surface area contributed by atoms with Crippen molar-refractivity contribution < 1.29 is 0 Å². The van der Waals surface area contributed by atoms with Gasteiger partial charge in [-0.05, 0) is 50.5 Å². The highest BCUT2D eigenvalue weighted by Crippen LogP contribution is 2.44. The van der Waals surface area contributed by atoms with Crippen molar-refractivity contribution in [3.8, 4) is 39.9 Å². The van der Waals surface area contributed by atoms with E-state index in [0.717, 1.165) is 38.5 Å². The number of aromatic nitrogens is 4. The van der Waals surface area contributed by atoms with Gasteiger partial charge in [0.2, 0.25) is 5.95 Å². The molecule has 12 aromatic rings. The summed E-state index contributed by atoms with van der Waals surface area (Å²) in [6.45, 7) is 0. The van der Waals surface area contributed by atoms with E-state index < -0.39 is 0 Å². The van der Waals surface area contributed by atoms with Gasteiger partial charge in [-0.25, -0.2) is 4.98 Å². The predicted molar refractivity (Wildman–Crippen MR) is 236 cm³/mol. The zero-order valence-corrected chi connectivity index (χ0v) is 30.8. The number of para-hydroxylation sites is 2. The summed E-state index contributed by atoms with van der Waals surface area (Å²) in [6.07, 6.45) is 0. The maximum Gasteiger partial charge on any atom is 0.238 e. The van der Waals surface area contributed by atoms with Crippen LogP contribution in [0.25, 0.3) is 114 Å². The number of benzene rings is 9. The van der Waals surface area contributed by atoms with Gasteiger partial charge < -0.3 is 0 Å². The van der Waals surface area contributed by atoms with Crippen LogP contribution in [0.2, 0.25) is 0 Å². The average molecular weight is 731 g/mol. The zero-order valence-electron chi connectivity index (χ0n) is 30.0. The maximum atomic E-state index is 5.40. The van der Waals surface area contributed by atoms with E-state index in [1.165, 1.54) is 58.1 Å². The van der Waals surface area contributed by atoms with Crippen molar-refractivity contribution in [1.29, 1.82) is 0 Å². The van der Waals surface area contributed by atoms with Crippen molar-refractivity contribution >= 4 is 85.6 Å². The second-order valence-corrected chi connectivity index (χ2v) is 15.4. The SMILES string of the molecule is c1ccc(-c2nc(-c3ccc4c5ccccc5c5ccccc5c4c3)nc(-n3c4ccccc4c4cccc(-c5cccc6c5sc5ccccc56)c43)n2)cc1. The van der Waals surface area contributed by atoms with Crippen molar-refractivity contribution in [2.75, 3.05) is 0 Å². The number of hydrogen-bond acceptors (Lipinski definition) is 4. The Labute approximate surface area is 325 Å². The van der Waals surface area contributed by atoms with E-state index in [1.807, 2.05) is 29.5 Å². The molecule has 12 rings (SSSR count). The highest BCUT2D eigenvalue weighted by molar-refractivity contribution is 7.26. The minimum Gasteiger partial charge on any atom is -0.277 e. The van der Waals surface area contributed by atoms with Crippen LogP contribution >= 0.6 is 11.3 Å². The third kappa shape index (κ3) is 4.62. The van der Waals surface area contributed by atoms with E-state index in [4.69, 9.17) is 15.0 Å². The molecule has 0 aliphatic heterocycles. The molecule has 3 heterocycles. The first-order chi connectivity index (χ1) is 27.8. The summed E-state index contributed by atoms with van der Waals surface area (Å²) in [4.78, 5) is 15.9. The molecular weight excluding hydrogens is 701 g/mol. The molecular formula is C51H30N4S. The maximum absolute atomic E-state index is 5.40.